The molecule has 7 heteroatoms. The van der Waals surface area contributed by atoms with Crippen LogP contribution in [0.15, 0.2) is 12.1 Å². The fourth-order valence-electron chi connectivity index (χ4n) is 1.85. The monoisotopic (exact) mass is 327 g/mol. The molecule has 21 heavy (non-hydrogen) atoms. The Balaban J connectivity index is 2.74. The van der Waals surface area contributed by atoms with Crippen molar-refractivity contribution >= 4 is 29.2 Å². The van der Waals surface area contributed by atoms with E-state index in [-0.39, 0.29) is 5.82 Å². The molecule has 0 aliphatic carbocycles. The van der Waals surface area contributed by atoms with Crippen molar-refractivity contribution in [1.82, 2.24) is 14.8 Å². The molecule has 0 radical (unpaired) electrons. The standard InChI is InChI=1S/C14H15Cl2N3O2/c1-7-5-9(16)10(6-8(7)15)19-13(14(2,3)4)17-11(18-19)12(20)21/h5-6H,1-4H3,(H,20,21). The second kappa shape index (κ2) is 5.31. The molecule has 1 heterocycles. The highest BCUT2D eigenvalue weighted by atomic mass is 35.5. The number of hydrogen-bond donors (Lipinski definition) is 1. The Hall–Kier alpha value is -1.59. The zero-order valence-corrected chi connectivity index (χ0v) is 13.6. The summed E-state index contributed by atoms with van der Waals surface area (Å²) in [6.45, 7) is 7.60. The molecule has 0 spiro atoms. The zero-order valence-electron chi connectivity index (χ0n) is 12.1. The molecule has 112 valence electrons. The van der Waals surface area contributed by atoms with Crippen LogP contribution in [-0.4, -0.2) is 25.8 Å². The van der Waals surface area contributed by atoms with Crippen molar-refractivity contribution in [3.8, 4) is 5.69 Å². The van der Waals surface area contributed by atoms with Crippen LogP contribution in [0, 0.1) is 6.92 Å². The lowest BCUT2D eigenvalue weighted by atomic mass is 9.95. The van der Waals surface area contributed by atoms with Crippen LogP contribution in [0.2, 0.25) is 10.0 Å². The van der Waals surface area contributed by atoms with Crippen LogP contribution in [0.1, 0.15) is 42.8 Å². The van der Waals surface area contributed by atoms with Crippen molar-refractivity contribution in [1.29, 1.82) is 0 Å². The van der Waals surface area contributed by atoms with Crippen LogP contribution in [0.5, 0.6) is 0 Å². The average molecular weight is 328 g/mol. The van der Waals surface area contributed by atoms with Crippen molar-refractivity contribution in [3.63, 3.8) is 0 Å². The van der Waals surface area contributed by atoms with E-state index in [0.717, 1.165) is 5.56 Å². The van der Waals surface area contributed by atoms with Crippen LogP contribution >= 0.6 is 23.2 Å². The molecule has 0 aliphatic rings. The minimum Gasteiger partial charge on any atom is -0.475 e. The third-order valence-electron chi connectivity index (χ3n) is 2.93. The van der Waals surface area contributed by atoms with E-state index in [1.807, 2.05) is 27.7 Å². The smallest absolute Gasteiger partial charge is 0.375 e. The molecule has 0 saturated heterocycles. The molecular formula is C14H15Cl2N3O2. The van der Waals surface area contributed by atoms with E-state index < -0.39 is 11.4 Å². The van der Waals surface area contributed by atoms with E-state index in [4.69, 9.17) is 28.3 Å². The van der Waals surface area contributed by atoms with Gasteiger partial charge in [0.1, 0.15) is 5.82 Å². The number of carboxylic acids is 1. The molecule has 0 fully saturated rings. The van der Waals surface area contributed by atoms with Crippen LogP contribution in [0.25, 0.3) is 5.69 Å². The summed E-state index contributed by atoms with van der Waals surface area (Å²) in [7, 11) is 0. The number of carboxylic acid groups (broad SMARTS) is 1. The predicted molar refractivity (Wildman–Crippen MR) is 81.8 cm³/mol. The first-order chi connectivity index (χ1) is 9.61. The summed E-state index contributed by atoms with van der Waals surface area (Å²) in [5.41, 5.74) is 0.944. The van der Waals surface area contributed by atoms with Gasteiger partial charge in [-0.3, -0.25) is 0 Å². The Bertz CT molecular complexity index is 718. The summed E-state index contributed by atoms with van der Waals surface area (Å²) in [6.07, 6.45) is 0. The highest BCUT2D eigenvalue weighted by molar-refractivity contribution is 6.35. The van der Waals surface area contributed by atoms with Crippen LogP contribution in [0.4, 0.5) is 0 Å². The van der Waals surface area contributed by atoms with Crippen molar-refractivity contribution in [2.75, 3.05) is 0 Å². The van der Waals surface area contributed by atoms with Gasteiger partial charge in [-0.05, 0) is 24.6 Å². The maximum absolute atomic E-state index is 11.1. The van der Waals surface area contributed by atoms with E-state index in [2.05, 4.69) is 10.1 Å². The van der Waals surface area contributed by atoms with Crippen molar-refractivity contribution in [2.24, 2.45) is 0 Å². The molecular weight excluding hydrogens is 313 g/mol. The number of halogens is 2. The van der Waals surface area contributed by atoms with E-state index in [9.17, 15) is 4.79 Å². The summed E-state index contributed by atoms with van der Waals surface area (Å²) in [5, 5.41) is 14.1. The van der Waals surface area contributed by atoms with Gasteiger partial charge >= 0.3 is 5.97 Å². The number of aryl methyl sites for hydroxylation is 1. The number of carbonyl (C=O) groups is 1. The van der Waals surface area contributed by atoms with Crippen LogP contribution < -0.4 is 0 Å². The van der Waals surface area contributed by atoms with Gasteiger partial charge < -0.3 is 5.11 Å². The van der Waals surface area contributed by atoms with E-state index >= 15 is 0 Å². The van der Waals surface area contributed by atoms with Crippen LogP contribution in [0.3, 0.4) is 0 Å². The molecule has 0 unspecified atom stereocenters. The Labute approximate surface area is 132 Å². The minimum absolute atomic E-state index is 0.271. The fraction of sp³-hybridized carbons (Fsp3) is 0.357. The highest BCUT2D eigenvalue weighted by Crippen LogP contribution is 2.31. The van der Waals surface area contributed by atoms with E-state index in [0.29, 0.717) is 21.6 Å². The lowest BCUT2D eigenvalue weighted by molar-refractivity contribution is 0.0683. The number of rotatable bonds is 2. The lowest BCUT2D eigenvalue weighted by Gasteiger charge is -2.19. The molecule has 2 aromatic rings. The van der Waals surface area contributed by atoms with Gasteiger partial charge in [-0.1, -0.05) is 44.0 Å². The first-order valence-electron chi connectivity index (χ1n) is 6.28. The van der Waals surface area contributed by atoms with Gasteiger partial charge in [-0.2, -0.15) is 0 Å². The number of nitrogens with zero attached hydrogens (tertiary/aromatic N) is 3. The fourth-order valence-corrected chi connectivity index (χ4v) is 2.31. The van der Waals surface area contributed by atoms with Crippen LogP contribution in [-0.2, 0) is 5.41 Å². The normalized spacial score (nSPS) is 11.7. The Morgan fingerprint density at radius 1 is 1.24 bits per heavy atom. The molecule has 0 atom stereocenters. The van der Waals surface area contributed by atoms with Gasteiger partial charge in [0.15, 0.2) is 0 Å². The molecule has 2 rings (SSSR count). The first kappa shape index (κ1) is 15.8. The SMILES string of the molecule is Cc1cc(Cl)c(-n2nc(C(=O)O)nc2C(C)(C)C)cc1Cl. The largest absolute Gasteiger partial charge is 0.475 e. The summed E-state index contributed by atoms with van der Waals surface area (Å²) >= 11 is 12.4. The van der Waals surface area contributed by atoms with Gasteiger partial charge in [0.25, 0.3) is 5.82 Å². The number of aromatic nitrogens is 3. The maximum Gasteiger partial charge on any atom is 0.375 e. The molecule has 0 aliphatic heterocycles. The molecule has 5 nitrogen and oxygen atoms in total. The number of hydrogen-bond acceptors (Lipinski definition) is 3. The summed E-state index contributed by atoms with van der Waals surface area (Å²) < 4.78 is 1.44. The van der Waals surface area contributed by atoms with Gasteiger partial charge in [-0.15, -0.1) is 5.10 Å². The first-order valence-corrected chi connectivity index (χ1v) is 7.03. The number of benzene rings is 1. The highest BCUT2D eigenvalue weighted by Gasteiger charge is 2.27. The minimum atomic E-state index is -1.19. The molecule has 0 bridgehead atoms. The zero-order chi connectivity index (χ0) is 15.9. The topological polar surface area (TPSA) is 68.0 Å². The van der Waals surface area contributed by atoms with Crippen molar-refractivity contribution in [2.45, 2.75) is 33.1 Å². The Kier molecular flexibility index (Phi) is 4.00. The quantitative estimate of drug-likeness (QED) is 0.908. The molecule has 0 amide bonds. The Morgan fingerprint density at radius 2 is 1.86 bits per heavy atom. The van der Waals surface area contributed by atoms with Gasteiger partial charge in [0.2, 0.25) is 0 Å². The van der Waals surface area contributed by atoms with Gasteiger partial charge in [0, 0.05) is 10.4 Å². The molecule has 1 aromatic carbocycles. The van der Waals surface area contributed by atoms with E-state index in [1.54, 1.807) is 12.1 Å². The van der Waals surface area contributed by atoms with Crippen molar-refractivity contribution < 1.29 is 9.90 Å². The predicted octanol–water partition coefficient (Wildman–Crippen LogP) is 3.88. The number of aromatic carboxylic acids is 1. The summed E-state index contributed by atoms with van der Waals surface area (Å²) in [6, 6.07) is 3.38. The summed E-state index contributed by atoms with van der Waals surface area (Å²) in [4.78, 5) is 15.2. The third-order valence-corrected chi connectivity index (χ3v) is 3.64. The maximum atomic E-state index is 11.1. The van der Waals surface area contributed by atoms with Gasteiger partial charge in [0.05, 0.1) is 10.7 Å². The second-order valence-electron chi connectivity index (χ2n) is 5.78. The van der Waals surface area contributed by atoms with Crippen molar-refractivity contribution in [3.05, 3.63) is 39.4 Å². The third kappa shape index (κ3) is 3.04. The molecule has 1 aromatic heterocycles. The Morgan fingerprint density at radius 3 is 2.38 bits per heavy atom. The lowest BCUT2D eigenvalue weighted by Crippen LogP contribution is -2.19. The average Bonchev–Trinajstić information content (AvgIpc) is 2.78. The summed E-state index contributed by atoms with van der Waals surface area (Å²) in [5.74, 6) is -0.956. The molecule has 1 N–H and O–H groups in total. The second-order valence-corrected chi connectivity index (χ2v) is 6.59. The molecule has 0 saturated carbocycles. The van der Waals surface area contributed by atoms with E-state index in [1.165, 1.54) is 4.68 Å². The van der Waals surface area contributed by atoms with Gasteiger partial charge in [-0.25, -0.2) is 14.5 Å².